The SMILES string of the molecule is CC1(C)[C@@H]2CCC(C2)[C@H]1CCl.[BeH2]. The fourth-order valence-corrected chi connectivity index (χ4v) is 3.94. The average molecular weight is 184 g/mol. The second-order valence-electron chi connectivity index (χ2n) is 4.85. The second-order valence-corrected chi connectivity index (χ2v) is 5.16. The predicted octanol–water partition coefficient (Wildman–Crippen LogP) is 2.38. The summed E-state index contributed by atoms with van der Waals surface area (Å²) >= 11 is 5.99. The van der Waals surface area contributed by atoms with Crippen LogP contribution in [-0.4, -0.2) is 16.0 Å². The van der Waals surface area contributed by atoms with Gasteiger partial charge in [0.1, 0.15) is 0 Å². The van der Waals surface area contributed by atoms with Crippen LogP contribution in [0.15, 0.2) is 0 Å². The summed E-state index contributed by atoms with van der Waals surface area (Å²) in [5, 5.41) is 0. The molecular weight excluding hydrogens is 165 g/mol. The Labute approximate surface area is 84.3 Å². The quantitative estimate of drug-likeness (QED) is 0.433. The number of alkyl halides is 1. The summed E-state index contributed by atoms with van der Waals surface area (Å²) in [6.45, 7) is 4.81. The summed E-state index contributed by atoms with van der Waals surface area (Å²) in [5.74, 6) is 3.64. The molecule has 2 rings (SSSR count). The van der Waals surface area contributed by atoms with Crippen molar-refractivity contribution in [3.05, 3.63) is 0 Å². The molecule has 0 aromatic heterocycles. The average Bonchev–Trinajstić information content (AvgIpc) is 2.44. The topological polar surface area (TPSA) is 0 Å². The van der Waals surface area contributed by atoms with E-state index in [-0.39, 0.29) is 10.1 Å². The fraction of sp³-hybridized carbons (Fsp3) is 1.00. The van der Waals surface area contributed by atoms with E-state index in [0.29, 0.717) is 5.41 Å². The third-order valence-electron chi connectivity index (χ3n) is 4.22. The monoisotopic (exact) mass is 183 g/mol. The molecular formula is C10H19BeCl. The summed E-state index contributed by atoms with van der Waals surface area (Å²) in [4.78, 5) is 0. The molecule has 0 aromatic carbocycles. The van der Waals surface area contributed by atoms with Crippen molar-refractivity contribution in [1.29, 1.82) is 0 Å². The maximum absolute atomic E-state index is 5.99. The van der Waals surface area contributed by atoms with Crippen LogP contribution in [0.1, 0.15) is 33.1 Å². The van der Waals surface area contributed by atoms with Crippen molar-refractivity contribution >= 4 is 21.7 Å². The predicted molar refractivity (Wildman–Crippen MR) is 57.4 cm³/mol. The first-order valence-electron chi connectivity index (χ1n) is 4.72. The molecule has 0 saturated heterocycles. The van der Waals surface area contributed by atoms with Gasteiger partial charge in [-0.2, -0.15) is 0 Å². The van der Waals surface area contributed by atoms with Gasteiger partial charge in [-0.05, 0) is 42.4 Å². The number of hydrogen-bond donors (Lipinski definition) is 0. The third-order valence-corrected chi connectivity index (χ3v) is 4.55. The Kier molecular flexibility index (Phi) is 2.91. The van der Waals surface area contributed by atoms with E-state index in [9.17, 15) is 0 Å². The van der Waals surface area contributed by atoms with Gasteiger partial charge in [0.25, 0.3) is 0 Å². The van der Waals surface area contributed by atoms with E-state index in [1.807, 2.05) is 0 Å². The summed E-state index contributed by atoms with van der Waals surface area (Å²) in [6.07, 6.45) is 4.38. The van der Waals surface area contributed by atoms with E-state index in [2.05, 4.69) is 13.8 Å². The molecule has 3 atom stereocenters. The Morgan fingerprint density at radius 1 is 1.33 bits per heavy atom. The van der Waals surface area contributed by atoms with Gasteiger partial charge in [0, 0.05) is 5.88 Å². The molecule has 12 heavy (non-hydrogen) atoms. The van der Waals surface area contributed by atoms with E-state index in [0.717, 1.165) is 23.6 Å². The molecule has 68 valence electrons. The zero-order chi connectivity index (χ0) is 8.06. The van der Waals surface area contributed by atoms with Crippen LogP contribution in [0.4, 0.5) is 0 Å². The van der Waals surface area contributed by atoms with Crippen molar-refractivity contribution in [2.45, 2.75) is 33.1 Å². The molecule has 1 unspecified atom stereocenters. The Morgan fingerprint density at radius 3 is 2.33 bits per heavy atom. The molecule has 0 spiro atoms. The van der Waals surface area contributed by atoms with E-state index < -0.39 is 0 Å². The van der Waals surface area contributed by atoms with Crippen molar-refractivity contribution in [3.8, 4) is 0 Å². The van der Waals surface area contributed by atoms with Gasteiger partial charge >= 0.3 is 10.1 Å². The van der Waals surface area contributed by atoms with Crippen LogP contribution in [0.2, 0.25) is 0 Å². The molecule has 0 nitrogen and oxygen atoms in total. The van der Waals surface area contributed by atoms with E-state index in [1.165, 1.54) is 19.3 Å². The number of halogens is 1. The van der Waals surface area contributed by atoms with Crippen molar-refractivity contribution in [2.24, 2.45) is 23.2 Å². The molecule has 0 aromatic rings. The van der Waals surface area contributed by atoms with Gasteiger partial charge < -0.3 is 0 Å². The molecule has 0 radical (unpaired) electrons. The number of fused-ring (bicyclic) bond motifs is 2. The number of hydrogen-bond acceptors (Lipinski definition) is 0. The normalized spacial score (nSPS) is 42.8. The van der Waals surface area contributed by atoms with Crippen molar-refractivity contribution in [3.63, 3.8) is 0 Å². The summed E-state index contributed by atoms with van der Waals surface area (Å²) in [7, 11) is 0. The van der Waals surface area contributed by atoms with Gasteiger partial charge in [0.15, 0.2) is 0 Å². The molecule has 0 heterocycles. The Balaban J connectivity index is 0.000000720. The Hall–Kier alpha value is 0.459. The molecule has 0 aliphatic heterocycles. The third kappa shape index (κ3) is 1.24. The number of rotatable bonds is 1. The van der Waals surface area contributed by atoms with Crippen molar-refractivity contribution in [2.75, 3.05) is 5.88 Å². The van der Waals surface area contributed by atoms with Crippen molar-refractivity contribution in [1.82, 2.24) is 0 Å². The molecule has 2 heteroatoms. The summed E-state index contributed by atoms with van der Waals surface area (Å²) in [5.41, 5.74) is 0.546. The first kappa shape index (κ1) is 10.5. The summed E-state index contributed by atoms with van der Waals surface area (Å²) < 4.78 is 0. The van der Waals surface area contributed by atoms with E-state index >= 15 is 0 Å². The van der Waals surface area contributed by atoms with Crippen LogP contribution in [0.25, 0.3) is 0 Å². The van der Waals surface area contributed by atoms with Crippen LogP contribution < -0.4 is 0 Å². The maximum atomic E-state index is 5.99. The van der Waals surface area contributed by atoms with E-state index in [4.69, 9.17) is 11.6 Å². The van der Waals surface area contributed by atoms with Gasteiger partial charge in [-0.25, -0.2) is 0 Å². The van der Waals surface area contributed by atoms with Gasteiger partial charge in [-0.1, -0.05) is 13.8 Å². The fourth-order valence-electron chi connectivity index (χ4n) is 3.29. The Bertz CT molecular complexity index is 167. The first-order valence-corrected chi connectivity index (χ1v) is 5.25. The second kappa shape index (κ2) is 3.31. The van der Waals surface area contributed by atoms with E-state index in [1.54, 1.807) is 0 Å². The molecule has 2 aliphatic carbocycles. The zero-order valence-corrected chi connectivity index (χ0v) is 8.19. The van der Waals surface area contributed by atoms with Gasteiger partial charge in [0.05, 0.1) is 0 Å². The molecule has 0 N–H and O–H groups in total. The minimum absolute atomic E-state index is 0. The molecule has 2 aliphatic rings. The van der Waals surface area contributed by atoms with Crippen LogP contribution in [0.3, 0.4) is 0 Å². The standard InChI is InChI=1S/C10H17Cl.Be.2H/c1-10(2)8-4-3-7(5-8)9(10)6-11;;;/h7-9H,3-6H2,1-2H3;;;/t7?,8-,9-;;;/m1.../s1. The molecule has 2 fully saturated rings. The van der Waals surface area contributed by atoms with Gasteiger partial charge in [0.2, 0.25) is 0 Å². The van der Waals surface area contributed by atoms with Crippen LogP contribution in [0, 0.1) is 23.2 Å². The first-order chi connectivity index (χ1) is 5.16. The summed E-state index contributed by atoms with van der Waals surface area (Å²) in [6, 6.07) is 0. The zero-order valence-electron chi connectivity index (χ0n) is 7.44. The van der Waals surface area contributed by atoms with Gasteiger partial charge in [-0.15, -0.1) is 11.6 Å². The molecule has 0 amide bonds. The van der Waals surface area contributed by atoms with Crippen LogP contribution in [-0.2, 0) is 0 Å². The minimum atomic E-state index is 0. The molecule has 2 saturated carbocycles. The van der Waals surface area contributed by atoms with Gasteiger partial charge in [-0.3, -0.25) is 0 Å². The Morgan fingerprint density at radius 2 is 2.00 bits per heavy atom. The van der Waals surface area contributed by atoms with Crippen molar-refractivity contribution < 1.29 is 0 Å². The van der Waals surface area contributed by atoms with Crippen LogP contribution >= 0.6 is 11.6 Å². The molecule has 2 bridgehead atoms. The van der Waals surface area contributed by atoms with Crippen LogP contribution in [0.5, 0.6) is 0 Å².